The normalized spacial score (nSPS) is 10.5. The molecule has 0 aliphatic carbocycles. The lowest BCUT2D eigenvalue weighted by atomic mass is 10.1. The van der Waals surface area contributed by atoms with Crippen LogP contribution in [0.4, 0.5) is 15.8 Å². The summed E-state index contributed by atoms with van der Waals surface area (Å²) in [6.45, 7) is 3.87. The van der Waals surface area contributed by atoms with E-state index >= 15 is 0 Å². The third-order valence-electron chi connectivity index (χ3n) is 3.96. The Morgan fingerprint density at radius 1 is 1.17 bits per heavy atom. The Morgan fingerprint density at radius 2 is 2.00 bits per heavy atom. The molecule has 2 heterocycles. The van der Waals surface area contributed by atoms with Crippen molar-refractivity contribution in [2.75, 3.05) is 19.0 Å². The number of nitrogens with one attached hydrogen (secondary N) is 2. The predicted molar refractivity (Wildman–Crippen MR) is 105 cm³/mol. The zero-order valence-corrected chi connectivity index (χ0v) is 16.2. The Hall–Kier alpha value is -3.59. The number of benzene rings is 1. The molecule has 0 bridgehead atoms. The lowest BCUT2D eigenvalue weighted by Crippen LogP contribution is -2.24. The molecule has 0 radical (unpaired) electrons. The van der Waals surface area contributed by atoms with E-state index < -0.39 is 11.7 Å². The Labute approximate surface area is 167 Å². The summed E-state index contributed by atoms with van der Waals surface area (Å²) >= 11 is 0. The number of nitrogens with zero attached hydrogens (tertiary/aromatic N) is 3. The van der Waals surface area contributed by atoms with Gasteiger partial charge in [-0.1, -0.05) is 0 Å². The molecule has 9 heteroatoms. The van der Waals surface area contributed by atoms with Gasteiger partial charge >= 0.3 is 0 Å². The van der Waals surface area contributed by atoms with Crippen molar-refractivity contribution in [3.63, 3.8) is 0 Å². The molecule has 3 aromatic rings. The number of hydrogen-bond acceptors (Lipinski definition) is 7. The number of carbonyl (C=O) groups is 1. The van der Waals surface area contributed by atoms with Crippen LogP contribution >= 0.6 is 0 Å². The number of rotatable bonds is 7. The van der Waals surface area contributed by atoms with E-state index in [9.17, 15) is 9.18 Å². The minimum absolute atomic E-state index is 0.226. The smallest absolute Gasteiger partial charge is 0.278 e. The van der Waals surface area contributed by atoms with Gasteiger partial charge < -0.3 is 10.1 Å². The van der Waals surface area contributed by atoms with E-state index in [1.165, 1.54) is 31.6 Å². The molecule has 2 aromatic heterocycles. The van der Waals surface area contributed by atoms with Gasteiger partial charge in [0.1, 0.15) is 5.82 Å². The zero-order valence-electron chi connectivity index (χ0n) is 16.2. The van der Waals surface area contributed by atoms with E-state index in [1.807, 2.05) is 6.92 Å². The van der Waals surface area contributed by atoms with E-state index in [2.05, 4.69) is 25.7 Å². The summed E-state index contributed by atoms with van der Waals surface area (Å²) < 4.78 is 19.9. The number of halogens is 1. The van der Waals surface area contributed by atoms with Gasteiger partial charge in [-0.05, 0) is 26.0 Å². The van der Waals surface area contributed by atoms with Crippen molar-refractivity contribution >= 4 is 17.3 Å². The van der Waals surface area contributed by atoms with Crippen LogP contribution in [0, 0.1) is 12.7 Å². The molecular weight excluding hydrogens is 377 g/mol. The number of carbonyl (C=O) groups excluding carboxylic acids is 1. The standard InChI is InChI=1S/C20H20FN5O3/c1-4-29-26-20(27)15-10-22-6-5-16(15)25-17-8-13(21)7-14(19(17)28-3)18-11-23-12(2)9-24-18/h5-11H,4H2,1-3H3,(H,22,25)(H,26,27). The van der Waals surface area contributed by atoms with Gasteiger partial charge in [0.15, 0.2) is 5.75 Å². The molecule has 0 unspecified atom stereocenters. The zero-order chi connectivity index (χ0) is 20.8. The Kier molecular flexibility index (Phi) is 6.30. The second-order valence-electron chi connectivity index (χ2n) is 5.99. The Morgan fingerprint density at radius 3 is 2.69 bits per heavy atom. The highest BCUT2D eigenvalue weighted by molar-refractivity contribution is 5.99. The Balaban J connectivity index is 2.02. The predicted octanol–water partition coefficient (Wildman–Crippen LogP) is 3.42. The third kappa shape index (κ3) is 4.64. The second kappa shape index (κ2) is 9.07. The topological polar surface area (TPSA) is 98.3 Å². The number of hydroxylamine groups is 1. The average Bonchev–Trinajstić information content (AvgIpc) is 2.72. The van der Waals surface area contributed by atoms with E-state index in [0.717, 1.165) is 5.69 Å². The molecule has 0 fully saturated rings. The molecule has 29 heavy (non-hydrogen) atoms. The van der Waals surface area contributed by atoms with Crippen LogP contribution in [0.3, 0.4) is 0 Å². The SMILES string of the molecule is CCONC(=O)c1cnccc1Nc1cc(F)cc(-c2cnc(C)cn2)c1OC. The van der Waals surface area contributed by atoms with Crippen molar-refractivity contribution in [2.24, 2.45) is 0 Å². The van der Waals surface area contributed by atoms with Crippen molar-refractivity contribution < 1.29 is 18.8 Å². The van der Waals surface area contributed by atoms with Crippen LogP contribution in [0.25, 0.3) is 11.3 Å². The van der Waals surface area contributed by atoms with Gasteiger partial charge in [-0.25, -0.2) is 9.87 Å². The number of aromatic nitrogens is 3. The summed E-state index contributed by atoms with van der Waals surface area (Å²) in [5.41, 5.74) is 4.89. The molecule has 0 atom stereocenters. The van der Waals surface area contributed by atoms with Crippen molar-refractivity contribution in [3.8, 4) is 17.0 Å². The maximum absolute atomic E-state index is 14.4. The summed E-state index contributed by atoms with van der Waals surface area (Å²) in [6, 6.07) is 4.18. The van der Waals surface area contributed by atoms with Crippen molar-refractivity contribution in [3.05, 3.63) is 60.1 Å². The second-order valence-corrected chi connectivity index (χ2v) is 5.99. The van der Waals surface area contributed by atoms with Crippen LogP contribution in [0.5, 0.6) is 5.75 Å². The highest BCUT2D eigenvalue weighted by Gasteiger charge is 2.18. The number of amides is 1. The van der Waals surface area contributed by atoms with Gasteiger partial charge in [0.25, 0.3) is 5.91 Å². The van der Waals surface area contributed by atoms with Gasteiger partial charge in [-0.2, -0.15) is 0 Å². The van der Waals surface area contributed by atoms with Crippen LogP contribution < -0.4 is 15.5 Å². The fraction of sp³-hybridized carbons (Fsp3) is 0.200. The quantitative estimate of drug-likeness (QED) is 0.590. The largest absolute Gasteiger partial charge is 0.494 e. The molecule has 1 aromatic carbocycles. The first-order valence-electron chi connectivity index (χ1n) is 8.83. The molecule has 0 spiro atoms. The van der Waals surface area contributed by atoms with E-state index in [0.29, 0.717) is 35.0 Å². The summed E-state index contributed by atoms with van der Waals surface area (Å²) in [6.07, 6.45) is 6.03. The number of pyridine rings is 1. The molecule has 2 N–H and O–H groups in total. The fourth-order valence-corrected chi connectivity index (χ4v) is 2.65. The molecule has 8 nitrogen and oxygen atoms in total. The van der Waals surface area contributed by atoms with Crippen LogP contribution in [-0.2, 0) is 4.84 Å². The van der Waals surface area contributed by atoms with Gasteiger partial charge in [0.2, 0.25) is 0 Å². The molecular formula is C20H20FN5O3. The summed E-state index contributed by atoms with van der Waals surface area (Å²) in [5.74, 6) is -0.625. The summed E-state index contributed by atoms with van der Waals surface area (Å²) in [5, 5.41) is 3.04. The highest BCUT2D eigenvalue weighted by atomic mass is 19.1. The summed E-state index contributed by atoms with van der Waals surface area (Å²) in [7, 11) is 1.47. The molecule has 150 valence electrons. The van der Waals surface area contributed by atoms with Crippen LogP contribution in [0.1, 0.15) is 23.0 Å². The number of aryl methyl sites for hydroxylation is 1. The average molecular weight is 397 g/mol. The summed E-state index contributed by atoms with van der Waals surface area (Å²) in [4.78, 5) is 29.7. The highest BCUT2D eigenvalue weighted by Crippen LogP contribution is 2.38. The van der Waals surface area contributed by atoms with Crippen molar-refractivity contribution in [1.82, 2.24) is 20.4 Å². The Bertz CT molecular complexity index is 1010. The first-order chi connectivity index (χ1) is 14.0. The minimum Gasteiger partial charge on any atom is -0.494 e. The van der Waals surface area contributed by atoms with Gasteiger partial charge in [-0.15, -0.1) is 0 Å². The van der Waals surface area contributed by atoms with Gasteiger partial charge in [-0.3, -0.25) is 24.6 Å². The van der Waals surface area contributed by atoms with E-state index in [-0.39, 0.29) is 5.56 Å². The molecule has 1 amide bonds. The maximum atomic E-state index is 14.4. The molecule has 0 saturated carbocycles. The van der Waals surface area contributed by atoms with Crippen LogP contribution in [0.15, 0.2) is 43.0 Å². The molecule has 0 aliphatic rings. The molecule has 0 aliphatic heterocycles. The van der Waals surface area contributed by atoms with E-state index in [4.69, 9.17) is 9.57 Å². The first kappa shape index (κ1) is 20.2. The van der Waals surface area contributed by atoms with Crippen molar-refractivity contribution in [2.45, 2.75) is 13.8 Å². The first-order valence-corrected chi connectivity index (χ1v) is 8.83. The van der Waals surface area contributed by atoms with Crippen molar-refractivity contribution in [1.29, 1.82) is 0 Å². The lowest BCUT2D eigenvalue weighted by molar-refractivity contribution is 0.0365. The van der Waals surface area contributed by atoms with Gasteiger partial charge in [0, 0.05) is 30.2 Å². The number of hydrogen-bond donors (Lipinski definition) is 2. The number of anilines is 2. The monoisotopic (exact) mass is 397 g/mol. The van der Waals surface area contributed by atoms with Crippen LogP contribution in [0.2, 0.25) is 0 Å². The molecule has 0 saturated heterocycles. The van der Waals surface area contributed by atoms with Crippen LogP contribution in [-0.4, -0.2) is 34.6 Å². The lowest BCUT2D eigenvalue weighted by Gasteiger charge is -2.17. The maximum Gasteiger partial charge on any atom is 0.278 e. The molecule has 3 rings (SSSR count). The van der Waals surface area contributed by atoms with E-state index in [1.54, 1.807) is 25.4 Å². The number of ether oxygens (including phenoxy) is 1. The third-order valence-corrected chi connectivity index (χ3v) is 3.96. The number of methoxy groups -OCH3 is 1. The van der Waals surface area contributed by atoms with Gasteiger partial charge in [0.05, 0.1) is 48.2 Å². The fourth-order valence-electron chi connectivity index (χ4n) is 2.65. The minimum atomic E-state index is -0.500.